The van der Waals surface area contributed by atoms with Crippen molar-refractivity contribution in [1.82, 2.24) is 5.32 Å². The Morgan fingerprint density at radius 2 is 1.96 bits per heavy atom. The minimum atomic E-state index is -0.553. The predicted octanol–water partition coefficient (Wildman–Crippen LogP) is 2.17. The second kappa shape index (κ2) is 7.26. The van der Waals surface area contributed by atoms with E-state index in [0.717, 1.165) is 5.56 Å². The summed E-state index contributed by atoms with van der Waals surface area (Å²) in [6, 6.07) is 10.8. The predicted molar refractivity (Wildman–Crippen MR) is 83.3 cm³/mol. The van der Waals surface area contributed by atoms with Gasteiger partial charge in [0.25, 0.3) is 5.69 Å². The fourth-order valence-corrected chi connectivity index (χ4v) is 2.01. The van der Waals surface area contributed by atoms with Gasteiger partial charge in [-0.3, -0.25) is 14.9 Å². The summed E-state index contributed by atoms with van der Waals surface area (Å²) in [4.78, 5) is 22.1. The van der Waals surface area contributed by atoms with Crippen LogP contribution in [0, 0.1) is 10.1 Å². The Hall–Kier alpha value is -3.09. The SMILES string of the molecule is COc1ccc(CC(=O)NCc2cc([N+](=O)[O-])ccc2O)cc1. The van der Waals surface area contributed by atoms with E-state index in [9.17, 15) is 20.0 Å². The molecule has 0 fully saturated rings. The lowest BCUT2D eigenvalue weighted by Crippen LogP contribution is -2.24. The maximum atomic E-state index is 11.9. The van der Waals surface area contributed by atoms with Crippen LogP contribution < -0.4 is 10.1 Å². The first-order chi connectivity index (χ1) is 11.0. The van der Waals surface area contributed by atoms with Crippen molar-refractivity contribution in [1.29, 1.82) is 0 Å². The Bertz CT molecular complexity index is 713. The highest BCUT2D eigenvalue weighted by Crippen LogP contribution is 2.22. The van der Waals surface area contributed by atoms with Crippen LogP contribution in [0.3, 0.4) is 0 Å². The average Bonchev–Trinajstić information content (AvgIpc) is 2.54. The standard InChI is InChI=1S/C16H16N2O5/c1-23-14-5-2-11(3-6-14)8-16(20)17-10-12-9-13(18(21)22)4-7-15(12)19/h2-7,9,19H,8,10H2,1H3,(H,17,20). The number of phenolic OH excluding ortho intramolecular Hbond substituents is 1. The number of amides is 1. The van der Waals surface area contributed by atoms with Gasteiger partial charge in [0, 0.05) is 24.2 Å². The molecule has 0 aromatic heterocycles. The fourth-order valence-electron chi connectivity index (χ4n) is 2.01. The molecule has 2 rings (SSSR count). The van der Waals surface area contributed by atoms with Crippen molar-refractivity contribution >= 4 is 11.6 Å². The van der Waals surface area contributed by atoms with Gasteiger partial charge in [-0.1, -0.05) is 12.1 Å². The number of non-ortho nitro benzene ring substituents is 1. The van der Waals surface area contributed by atoms with E-state index < -0.39 is 4.92 Å². The topological polar surface area (TPSA) is 102 Å². The van der Waals surface area contributed by atoms with E-state index in [-0.39, 0.29) is 30.3 Å². The zero-order valence-corrected chi connectivity index (χ0v) is 12.5. The van der Waals surface area contributed by atoms with Crippen LogP contribution >= 0.6 is 0 Å². The molecule has 23 heavy (non-hydrogen) atoms. The number of ether oxygens (including phenoxy) is 1. The first-order valence-corrected chi connectivity index (χ1v) is 6.85. The summed E-state index contributed by atoms with van der Waals surface area (Å²) in [6.07, 6.45) is 0.166. The normalized spacial score (nSPS) is 10.1. The van der Waals surface area contributed by atoms with Crippen LogP contribution in [0.15, 0.2) is 42.5 Å². The molecule has 0 atom stereocenters. The second-order valence-electron chi connectivity index (χ2n) is 4.87. The monoisotopic (exact) mass is 316 g/mol. The number of methoxy groups -OCH3 is 1. The van der Waals surface area contributed by atoms with E-state index in [1.54, 1.807) is 31.4 Å². The highest BCUT2D eigenvalue weighted by atomic mass is 16.6. The van der Waals surface area contributed by atoms with Crippen molar-refractivity contribution in [2.24, 2.45) is 0 Å². The molecule has 0 aliphatic rings. The van der Waals surface area contributed by atoms with Crippen molar-refractivity contribution in [2.45, 2.75) is 13.0 Å². The van der Waals surface area contributed by atoms with Crippen LogP contribution in [0.4, 0.5) is 5.69 Å². The molecule has 2 aromatic rings. The number of rotatable bonds is 6. The molecule has 2 N–H and O–H groups in total. The van der Waals surface area contributed by atoms with Crippen LogP contribution in [0.25, 0.3) is 0 Å². The Kier molecular flexibility index (Phi) is 5.14. The van der Waals surface area contributed by atoms with Crippen LogP contribution in [-0.2, 0) is 17.8 Å². The van der Waals surface area contributed by atoms with Gasteiger partial charge in [-0.05, 0) is 23.8 Å². The molecule has 0 spiro atoms. The van der Waals surface area contributed by atoms with Crippen LogP contribution in [0.2, 0.25) is 0 Å². The number of benzene rings is 2. The van der Waals surface area contributed by atoms with E-state index in [1.165, 1.54) is 18.2 Å². The van der Waals surface area contributed by atoms with Gasteiger partial charge in [-0.15, -0.1) is 0 Å². The summed E-state index contributed by atoms with van der Waals surface area (Å²) in [5.74, 6) is 0.358. The zero-order chi connectivity index (χ0) is 16.8. The molecule has 0 saturated heterocycles. The van der Waals surface area contributed by atoms with E-state index >= 15 is 0 Å². The molecule has 0 saturated carbocycles. The molecule has 0 radical (unpaired) electrons. The van der Waals surface area contributed by atoms with E-state index in [1.807, 2.05) is 0 Å². The Morgan fingerprint density at radius 1 is 1.26 bits per heavy atom. The number of phenols is 1. The molecule has 0 aliphatic heterocycles. The summed E-state index contributed by atoms with van der Waals surface area (Å²) >= 11 is 0. The molecule has 0 heterocycles. The van der Waals surface area contributed by atoms with Gasteiger partial charge in [0.05, 0.1) is 18.5 Å². The van der Waals surface area contributed by atoms with E-state index in [4.69, 9.17) is 4.74 Å². The number of nitrogens with zero attached hydrogens (tertiary/aromatic N) is 1. The summed E-state index contributed by atoms with van der Waals surface area (Å²) in [5.41, 5.74) is 0.969. The van der Waals surface area contributed by atoms with Gasteiger partial charge < -0.3 is 15.2 Å². The molecule has 2 aromatic carbocycles. The third-order valence-electron chi connectivity index (χ3n) is 3.27. The Morgan fingerprint density at radius 3 is 2.57 bits per heavy atom. The smallest absolute Gasteiger partial charge is 0.270 e. The van der Waals surface area contributed by atoms with Gasteiger partial charge in [-0.25, -0.2) is 0 Å². The van der Waals surface area contributed by atoms with E-state index in [2.05, 4.69) is 5.32 Å². The van der Waals surface area contributed by atoms with Crippen LogP contribution in [0.5, 0.6) is 11.5 Å². The van der Waals surface area contributed by atoms with Gasteiger partial charge >= 0.3 is 0 Å². The van der Waals surface area contributed by atoms with Crippen molar-refractivity contribution in [3.05, 3.63) is 63.7 Å². The maximum Gasteiger partial charge on any atom is 0.270 e. The lowest BCUT2D eigenvalue weighted by Gasteiger charge is -2.08. The van der Waals surface area contributed by atoms with Crippen molar-refractivity contribution in [3.8, 4) is 11.5 Å². The highest BCUT2D eigenvalue weighted by molar-refractivity contribution is 5.78. The van der Waals surface area contributed by atoms with Crippen LogP contribution in [-0.4, -0.2) is 23.0 Å². The minimum absolute atomic E-state index is 0.0164. The van der Waals surface area contributed by atoms with Gasteiger partial charge in [0.15, 0.2) is 0 Å². The number of nitro groups is 1. The average molecular weight is 316 g/mol. The van der Waals surface area contributed by atoms with Crippen LogP contribution in [0.1, 0.15) is 11.1 Å². The second-order valence-corrected chi connectivity index (χ2v) is 4.87. The number of carbonyl (C=O) groups excluding carboxylic acids is 1. The number of aromatic hydroxyl groups is 1. The minimum Gasteiger partial charge on any atom is -0.508 e. The molecular formula is C16H16N2O5. The van der Waals surface area contributed by atoms with Gasteiger partial charge in [-0.2, -0.15) is 0 Å². The first-order valence-electron chi connectivity index (χ1n) is 6.85. The van der Waals surface area contributed by atoms with Crippen molar-refractivity contribution < 1.29 is 19.6 Å². The lowest BCUT2D eigenvalue weighted by atomic mass is 10.1. The Balaban J connectivity index is 1.96. The first kappa shape index (κ1) is 16.3. The fraction of sp³-hybridized carbons (Fsp3) is 0.188. The summed E-state index contributed by atoms with van der Waals surface area (Å²) in [7, 11) is 1.56. The molecule has 7 nitrogen and oxygen atoms in total. The van der Waals surface area contributed by atoms with E-state index in [0.29, 0.717) is 11.3 Å². The lowest BCUT2D eigenvalue weighted by molar-refractivity contribution is -0.384. The van der Waals surface area contributed by atoms with Crippen molar-refractivity contribution in [3.63, 3.8) is 0 Å². The van der Waals surface area contributed by atoms with Gasteiger partial charge in [0.2, 0.25) is 5.91 Å². The Labute approximate surface area is 132 Å². The van der Waals surface area contributed by atoms with Crippen molar-refractivity contribution in [2.75, 3.05) is 7.11 Å². The summed E-state index contributed by atoms with van der Waals surface area (Å²) in [5, 5.41) is 23.0. The highest BCUT2D eigenvalue weighted by Gasteiger charge is 2.11. The maximum absolute atomic E-state index is 11.9. The van der Waals surface area contributed by atoms with Gasteiger partial charge in [0.1, 0.15) is 11.5 Å². The number of carbonyl (C=O) groups is 1. The molecule has 1 amide bonds. The zero-order valence-electron chi connectivity index (χ0n) is 12.5. The molecular weight excluding hydrogens is 300 g/mol. The number of hydrogen-bond donors (Lipinski definition) is 2. The molecule has 0 bridgehead atoms. The molecule has 120 valence electrons. The number of nitrogens with one attached hydrogen (secondary N) is 1. The third kappa shape index (κ3) is 4.44. The number of hydrogen-bond acceptors (Lipinski definition) is 5. The third-order valence-corrected chi connectivity index (χ3v) is 3.27. The largest absolute Gasteiger partial charge is 0.508 e. The molecule has 0 unspecified atom stereocenters. The summed E-state index contributed by atoms with van der Waals surface area (Å²) < 4.78 is 5.04. The summed E-state index contributed by atoms with van der Waals surface area (Å²) in [6.45, 7) is 0.0164. The molecule has 0 aliphatic carbocycles. The molecule has 7 heteroatoms. The quantitative estimate of drug-likeness (QED) is 0.628. The number of nitro benzene ring substituents is 1.